The largest absolute Gasteiger partial charge is 0.370 e. The standard InChI is InChI=1S/C12H15N5S/c1-3-4-14-10-7-11(17-9(2)16-10)18-12-8-13-5-6-15-12/h5-8H,3-4H2,1-2H3,(H,14,16,17). The first-order chi connectivity index (χ1) is 8.78. The summed E-state index contributed by atoms with van der Waals surface area (Å²) in [5.74, 6) is 1.61. The van der Waals surface area contributed by atoms with E-state index in [0.29, 0.717) is 0 Å². The molecule has 5 nitrogen and oxygen atoms in total. The number of nitrogens with one attached hydrogen (secondary N) is 1. The van der Waals surface area contributed by atoms with Crippen molar-refractivity contribution in [1.82, 2.24) is 19.9 Å². The lowest BCUT2D eigenvalue weighted by molar-refractivity contribution is 0.925. The van der Waals surface area contributed by atoms with Gasteiger partial charge in [-0.3, -0.25) is 4.98 Å². The van der Waals surface area contributed by atoms with E-state index in [0.717, 1.165) is 34.7 Å². The summed E-state index contributed by atoms with van der Waals surface area (Å²) in [6.07, 6.45) is 6.12. The molecular weight excluding hydrogens is 246 g/mol. The van der Waals surface area contributed by atoms with Gasteiger partial charge in [-0.15, -0.1) is 0 Å². The van der Waals surface area contributed by atoms with Crippen LogP contribution < -0.4 is 5.32 Å². The molecule has 94 valence electrons. The minimum Gasteiger partial charge on any atom is -0.370 e. The zero-order valence-electron chi connectivity index (χ0n) is 10.4. The van der Waals surface area contributed by atoms with Crippen molar-refractivity contribution in [2.24, 2.45) is 0 Å². The number of rotatable bonds is 5. The van der Waals surface area contributed by atoms with Crippen molar-refractivity contribution in [3.63, 3.8) is 0 Å². The molecule has 0 radical (unpaired) electrons. The van der Waals surface area contributed by atoms with Gasteiger partial charge in [0.2, 0.25) is 0 Å². The van der Waals surface area contributed by atoms with Gasteiger partial charge in [0.05, 0.1) is 6.20 Å². The van der Waals surface area contributed by atoms with Crippen LogP contribution in [0.2, 0.25) is 0 Å². The van der Waals surface area contributed by atoms with E-state index in [1.807, 2.05) is 13.0 Å². The molecule has 0 aromatic carbocycles. The van der Waals surface area contributed by atoms with Gasteiger partial charge in [-0.05, 0) is 25.1 Å². The van der Waals surface area contributed by atoms with Crippen molar-refractivity contribution in [2.45, 2.75) is 30.3 Å². The predicted octanol–water partition coefficient (Wildman–Crippen LogP) is 2.55. The Hall–Kier alpha value is -1.69. The summed E-state index contributed by atoms with van der Waals surface area (Å²) in [5.41, 5.74) is 0. The molecule has 6 heteroatoms. The average Bonchev–Trinajstić information content (AvgIpc) is 2.37. The molecule has 0 unspecified atom stereocenters. The van der Waals surface area contributed by atoms with Gasteiger partial charge in [0.1, 0.15) is 21.7 Å². The second-order valence-corrected chi connectivity index (χ2v) is 4.75. The lowest BCUT2D eigenvalue weighted by atomic mass is 10.4. The van der Waals surface area contributed by atoms with Crippen LogP contribution in [-0.2, 0) is 0 Å². The molecule has 0 fully saturated rings. The Labute approximate surface area is 110 Å². The Morgan fingerprint density at radius 2 is 2.11 bits per heavy atom. The molecule has 0 saturated carbocycles. The lowest BCUT2D eigenvalue weighted by Gasteiger charge is -2.06. The maximum atomic E-state index is 4.38. The first-order valence-electron chi connectivity index (χ1n) is 5.81. The van der Waals surface area contributed by atoms with Gasteiger partial charge < -0.3 is 5.32 Å². The van der Waals surface area contributed by atoms with E-state index < -0.39 is 0 Å². The van der Waals surface area contributed by atoms with Crippen LogP contribution in [0.15, 0.2) is 34.7 Å². The third kappa shape index (κ3) is 3.66. The molecule has 0 aliphatic heterocycles. The van der Waals surface area contributed by atoms with Crippen LogP contribution in [0.3, 0.4) is 0 Å². The summed E-state index contributed by atoms with van der Waals surface area (Å²) >= 11 is 1.48. The van der Waals surface area contributed by atoms with Gasteiger partial charge in [-0.25, -0.2) is 15.0 Å². The van der Waals surface area contributed by atoms with Crippen LogP contribution >= 0.6 is 11.8 Å². The molecule has 0 amide bonds. The number of aryl methyl sites for hydroxylation is 1. The van der Waals surface area contributed by atoms with Crippen LogP contribution in [0.4, 0.5) is 5.82 Å². The van der Waals surface area contributed by atoms with E-state index >= 15 is 0 Å². The fourth-order valence-electron chi connectivity index (χ4n) is 1.38. The topological polar surface area (TPSA) is 63.6 Å². The summed E-state index contributed by atoms with van der Waals surface area (Å²) in [6.45, 7) is 4.92. The van der Waals surface area contributed by atoms with E-state index in [1.54, 1.807) is 18.6 Å². The molecular formula is C12H15N5S. The Balaban J connectivity index is 2.15. The second-order valence-electron chi connectivity index (χ2n) is 3.71. The minimum absolute atomic E-state index is 0.752. The Kier molecular flexibility index (Phi) is 4.46. The SMILES string of the molecule is CCCNc1cc(Sc2cnccn2)nc(C)n1. The van der Waals surface area contributed by atoms with Gasteiger partial charge in [0, 0.05) is 25.0 Å². The first kappa shape index (κ1) is 12.8. The van der Waals surface area contributed by atoms with Crippen LogP contribution in [0.1, 0.15) is 19.2 Å². The summed E-state index contributed by atoms with van der Waals surface area (Å²) in [6, 6.07) is 1.93. The summed E-state index contributed by atoms with van der Waals surface area (Å²) in [7, 11) is 0. The van der Waals surface area contributed by atoms with Crippen molar-refractivity contribution in [3.8, 4) is 0 Å². The fraction of sp³-hybridized carbons (Fsp3) is 0.333. The summed E-state index contributed by atoms with van der Waals surface area (Å²) in [4.78, 5) is 17.0. The molecule has 1 N–H and O–H groups in total. The number of hydrogen-bond acceptors (Lipinski definition) is 6. The number of aromatic nitrogens is 4. The highest BCUT2D eigenvalue weighted by Gasteiger charge is 2.04. The zero-order valence-corrected chi connectivity index (χ0v) is 11.2. The van der Waals surface area contributed by atoms with E-state index in [4.69, 9.17) is 0 Å². The molecule has 0 aliphatic rings. The molecule has 2 aromatic heterocycles. The predicted molar refractivity (Wildman–Crippen MR) is 71.7 cm³/mol. The Morgan fingerprint density at radius 3 is 2.83 bits per heavy atom. The minimum atomic E-state index is 0.752. The van der Waals surface area contributed by atoms with Crippen molar-refractivity contribution >= 4 is 17.6 Å². The summed E-state index contributed by atoms with van der Waals surface area (Å²) < 4.78 is 0. The molecule has 0 atom stereocenters. The highest BCUT2D eigenvalue weighted by Crippen LogP contribution is 2.24. The number of anilines is 1. The van der Waals surface area contributed by atoms with E-state index in [1.165, 1.54) is 11.8 Å². The van der Waals surface area contributed by atoms with Gasteiger partial charge >= 0.3 is 0 Å². The van der Waals surface area contributed by atoms with E-state index in [-0.39, 0.29) is 0 Å². The van der Waals surface area contributed by atoms with E-state index in [2.05, 4.69) is 32.2 Å². The monoisotopic (exact) mass is 261 g/mol. The maximum Gasteiger partial charge on any atom is 0.130 e. The van der Waals surface area contributed by atoms with Crippen LogP contribution in [0.5, 0.6) is 0 Å². The lowest BCUT2D eigenvalue weighted by Crippen LogP contribution is -2.04. The first-order valence-corrected chi connectivity index (χ1v) is 6.63. The quantitative estimate of drug-likeness (QED) is 0.834. The van der Waals surface area contributed by atoms with Gasteiger partial charge in [0.15, 0.2) is 0 Å². The second kappa shape index (κ2) is 6.30. The zero-order chi connectivity index (χ0) is 12.8. The molecule has 18 heavy (non-hydrogen) atoms. The van der Waals surface area contributed by atoms with Crippen LogP contribution in [-0.4, -0.2) is 26.5 Å². The van der Waals surface area contributed by atoms with Crippen molar-refractivity contribution in [2.75, 3.05) is 11.9 Å². The molecule has 0 spiro atoms. The fourth-order valence-corrected chi connectivity index (χ4v) is 2.17. The number of hydrogen-bond donors (Lipinski definition) is 1. The third-order valence-corrected chi connectivity index (χ3v) is 2.96. The molecule has 2 rings (SSSR count). The van der Waals surface area contributed by atoms with Crippen molar-refractivity contribution < 1.29 is 0 Å². The van der Waals surface area contributed by atoms with Crippen LogP contribution in [0, 0.1) is 6.92 Å². The van der Waals surface area contributed by atoms with Gasteiger partial charge in [-0.1, -0.05) is 6.92 Å². The molecule has 0 aliphatic carbocycles. The average molecular weight is 261 g/mol. The third-order valence-electron chi connectivity index (χ3n) is 2.12. The van der Waals surface area contributed by atoms with Crippen molar-refractivity contribution in [1.29, 1.82) is 0 Å². The van der Waals surface area contributed by atoms with Crippen LogP contribution in [0.25, 0.3) is 0 Å². The molecule has 0 saturated heterocycles. The van der Waals surface area contributed by atoms with Crippen molar-refractivity contribution in [3.05, 3.63) is 30.5 Å². The summed E-state index contributed by atoms with van der Waals surface area (Å²) in [5, 5.41) is 4.97. The highest BCUT2D eigenvalue weighted by molar-refractivity contribution is 7.99. The molecule has 2 aromatic rings. The van der Waals surface area contributed by atoms with Gasteiger partial charge in [-0.2, -0.15) is 0 Å². The van der Waals surface area contributed by atoms with Gasteiger partial charge in [0.25, 0.3) is 0 Å². The number of nitrogens with zero attached hydrogens (tertiary/aromatic N) is 4. The Morgan fingerprint density at radius 1 is 1.22 bits per heavy atom. The smallest absolute Gasteiger partial charge is 0.130 e. The maximum absolute atomic E-state index is 4.38. The normalized spacial score (nSPS) is 10.3. The molecule has 2 heterocycles. The Bertz CT molecular complexity index is 503. The highest BCUT2D eigenvalue weighted by atomic mass is 32.2. The molecule has 0 bridgehead atoms. The van der Waals surface area contributed by atoms with E-state index in [9.17, 15) is 0 Å².